The lowest BCUT2D eigenvalue weighted by Gasteiger charge is -2.43. The summed E-state index contributed by atoms with van der Waals surface area (Å²) in [5, 5.41) is 3.75. The highest BCUT2D eigenvalue weighted by atomic mass is 15.2. The van der Waals surface area contributed by atoms with Crippen molar-refractivity contribution in [1.82, 2.24) is 10.2 Å². The molecule has 19 heavy (non-hydrogen) atoms. The molecule has 1 N–H and O–H groups in total. The molecule has 2 atom stereocenters. The Morgan fingerprint density at radius 1 is 1.16 bits per heavy atom. The second kappa shape index (κ2) is 7.66. The topological polar surface area (TPSA) is 15.3 Å². The molecule has 0 aromatic heterocycles. The first-order valence-corrected chi connectivity index (χ1v) is 7.49. The molecule has 2 unspecified atom stereocenters. The van der Waals surface area contributed by atoms with E-state index in [1.165, 1.54) is 12.0 Å². The average molecular weight is 262 g/mol. The highest BCUT2D eigenvalue weighted by Crippen LogP contribution is 2.24. The Kier molecular flexibility index (Phi) is 6.53. The summed E-state index contributed by atoms with van der Waals surface area (Å²) in [5.74, 6) is 0. The molecule has 1 rings (SSSR count). The van der Waals surface area contributed by atoms with E-state index in [1.54, 1.807) is 0 Å². The van der Waals surface area contributed by atoms with Gasteiger partial charge in [0.15, 0.2) is 0 Å². The molecule has 0 heterocycles. The van der Waals surface area contributed by atoms with Crippen LogP contribution in [-0.4, -0.2) is 37.1 Å². The van der Waals surface area contributed by atoms with Crippen molar-refractivity contribution >= 4 is 0 Å². The van der Waals surface area contributed by atoms with E-state index in [4.69, 9.17) is 0 Å². The molecule has 0 aliphatic carbocycles. The first-order valence-electron chi connectivity index (χ1n) is 7.49. The third-order valence-corrected chi connectivity index (χ3v) is 4.41. The lowest BCUT2D eigenvalue weighted by Crippen LogP contribution is -2.57. The highest BCUT2D eigenvalue weighted by Gasteiger charge is 2.34. The van der Waals surface area contributed by atoms with E-state index < -0.39 is 0 Å². The lowest BCUT2D eigenvalue weighted by atomic mass is 9.84. The minimum atomic E-state index is 0.186. The van der Waals surface area contributed by atoms with Crippen LogP contribution in [0.15, 0.2) is 30.3 Å². The number of hydrogen-bond acceptors (Lipinski definition) is 2. The van der Waals surface area contributed by atoms with Crippen molar-refractivity contribution in [3.05, 3.63) is 35.9 Å². The van der Waals surface area contributed by atoms with Gasteiger partial charge in [-0.1, -0.05) is 44.2 Å². The summed E-state index contributed by atoms with van der Waals surface area (Å²) < 4.78 is 0. The fourth-order valence-electron chi connectivity index (χ4n) is 2.55. The Bertz CT molecular complexity index is 348. The van der Waals surface area contributed by atoms with Crippen LogP contribution in [0.25, 0.3) is 0 Å². The molecule has 1 aromatic rings. The van der Waals surface area contributed by atoms with Crippen molar-refractivity contribution in [2.45, 2.75) is 51.6 Å². The van der Waals surface area contributed by atoms with E-state index in [1.807, 2.05) is 0 Å². The summed E-state index contributed by atoms with van der Waals surface area (Å²) in [4.78, 5) is 2.36. The van der Waals surface area contributed by atoms with Gasteiger partial charge in [-0.3, -0.25) is 0 Å². The number of likely N-dealkylation sites (N-methyl/N-ethyl adjacent to an activating group) is 1. The summed E-state index contributed by atoms with van der Waals surface area (Å²) in [7, 11) is 4.38. The Balaban J connectivity index is 2.87. The van der Waals surface area contributed by atoms with Gasteiger partial charge in [0.1, 0.15) is 0 Å². The number of hydrogen-bond donors (Lipinski definition) is 1. The van der Waals surface area contributed by atoms with Gasteiger partial charge in [-0.2, -0.15) is 0 Å². The van der Waals surface area contributed by atoms with Gasteiger partial charge in [0, 0.05) is 11.6 Å². The molecule has 0 aliphatic rings. The molecule has 0 amide bonds. The van der Waals surface area contributed by atoms with Crippen molar-refractivity contribution in [3.8, 4) is 0 Å². The van der Waals surface area contributed by atoms with Crippen molar-refractivity contribution < 1.29 is 0 Å². The van der Waals surface area contributed by atoms with Gasteiger partial charge in [-0.25, -0.2) is 0 Å². The molecule has 108 valence electrons. The average Bonchev–Trinajstić information content (AvgIpc) is 2.43. The number of nitrogens with one attached hydrogen (secondary N) is 1. The van der Waals surface area contributed by atoms with E-state index in [-0.39, 0.29) is 5.54 Å². The molecule has 0 aliphatic heterocycles. The van der Waals surface area contributed by atoms with Crippen molar-refractivity contribution in [3.63, 3.8) is 0 Å². The summed E-state index contributed by atoms with van der Waals surface area (Å²) in [6.45, 7) is 7.96. The second-order valence-corrected chi connectivity index (χ2v) is 5.80. The highest BCUT2D eigenvalue weighted by molar-refractivity contribution is 5.17. The number of nitrogens with zero attached hydrogens (tertiary/aromatic N) is 1. The molecule has 0 saturated carbocycles. The summed E-state index contributed by atoms with van der Waals surface area (Å²) in [6.07, 6.45) is 3.41. The molecule has 0 radical (unpaired) electrons. The van der Waals surface area contributed by atoms with Crippen LogP contribution in [0, 0.1) is 0 Å². The summed E-state index contributed by atoms with van der Waals surface area (Å²) >= 11 is 0. The van der Waals surface area contributed by atoms with E-state index in [9.17, 15) is 0 Å². The zero-order chi connectivity index (χ0) is 14.3. The third kappa shape index (κ3) is 4.32. The molecule has 1 aromatic carbocycles. The largest absolute Gasteiger partial charge is 0.312 e. The van der Waals surface area contributed by atoms with Gasteiger partial charge in [0.2, 0.25) is 0 Å². The van der Waals surface area contributed by atoms with Crippen LogP contribution in [0.5, 0.6) is 0 Å². The van der Waals surface area contributed by atoms with Crippen LogP contribution in [0.2, 0.25) is 0 Å². The predicted octanol–water partition coefficient (Wildman–Crippen LogP) is 3.33. The van der Waals surface area contributed by atoms with Gasteiger partial charge in [-0.05, 0) is 52.4 Å². The molecule has 0 spiro atoms. The fraction of sp³-hybridized carbons (Fsp3) is 0.647. The maximum absolute atomic E-state index is 3.75. The van der Waals surface area contributed by atoms with Crippen LogP contribution in [0.4, 0.5) is 0 Å². The van der Waals surface area contributed by atoms with Crippen molar-refractivity contribution in [2.24, 2.45) is 0 Å². The smallest absolute Gasteiger partial charge is 0.0328 e. The third-order valence-electron chi connectivity index (χ3n) is 4.41. The predicted molar refractivity (Wildman–Crippen MR) is 84.6 cm³/mol. The quantitative estimate of drug-likeness (QED) is 0.773. The molecular weight excluding hydrogens is 232 g/mol. The standard InChI is InChI=1S/C17H30N2/c1-6-13-18-16(17(3,7-2)19(4)5)14-15-11-9-8-10-12-15/h8-12,16,18H,6-7,13-14H2,1-5H3. The number of benzene rings is 1. The van der Waals surface area contributed by atoms with Gasteiger partial charge in [-0.15, -0.1) is 0 Å². The molecule has 0 bridgehead atoms. The Morgan fingerprint density at radius 2 is 1.79 bits per heavy atom. The minimum Gasteiger partial charge on any atom is -0.312 e. The van der Waals surface area contributed by atoms with Gasteiger partial charge >= 0.3 is 0 Å². The van der Waals surface area contributed by atoms with Crippen LogP contribution < -0.4 is 5.32 Å². The van der Waals surface area contributed by atoms with E-state index in [0.29, 0.717) is 6.04 Å². The SMILES string of the molecule is CCCNC(Cc1ccccc1)C(C)(CC)N(C)C. The van der Waals surface area contributed by atoms with Gasteiger partial charge in [0.05, 0.1) is 0 Å². The van der Waals surface area contributed by atoms with Crippen LogP contribution >= 0.6 is 0 Å². The summed E-state index contributed by atoms with van der Waals surface area (Å²) in [5.41, 5.74) is 1.60. The zero-order valence-corrected chi connectivity index (χ0v) is 13.2. The van der Waals surface area contributed by atoms with Crippen molar-refractivity contribution in [1.29, 1.82) is 0 Å². The van der Waals surface area contributed by atoms with E-state index in [2.05, 4.69) is 75.4 Å². The maximum atomic E-state index is 3.75. The first kappa shape index (κ1) is 16.2. The van der Waals surface area contributed by atoms with E-state index in [0.717, 1.165) is 19.4 Å². The van der Waals surface area contributed by atoms with Crippen molar-refractivity contribution in [2.75, 3.05) is 20.6 Å². The Hall–Kier alpha value is -0.860. The van der Waals surface area contributed by atoms with Gasteiger partial charge in [0.25, 0.3) is 0 Å². The lowest BCUT2D eigenvalue weighted by molar-refractivity contribution is 0.112. The van der Waals surface area contributed by atoms with E-state index >= 15 is 0 Å². The first-order chi connectivity index (χ1) is 9.04. The fourth-order valence-corrected chi connectivity index (χ4v) is 2.55. The molecule has 2 nitrogen and oxygen atoms in total. The van der Waals surface area contributed by atoms with Crippen LogP contribution in [-0.2, 0) is 6.42 Å². The molecule has 0 saturated heterocycles. The maximum Gasteiger partial charge on any atom is 0.0328 e. The molecule has 2 heteroatoms. The Morgan fingerprint density at radius 3 is 2.26 bits per heavy atom. The van der Waals surface area contributed by atoms with Gasteiger partial charge < -0.3 is 10.2 Å². The Labute approximate surface area is 119 Å². The number of rotatable bonds is 8. The normalized spacial score (nSPS) is 16.3. The monoisotopic (exact) mass is 262 g/mol. The molecular formula is C17H30N2. The summed E-state index contributed by atoms with van der Waals surface area (Å²) in [6, 6.07) is 11.3. The zero-order valence-electron chi connectivity index (χ0n) is 13.2. The molecule has 0 fully saturated rings. The minimum absolute atomic E-state index is 0.186. The van der Waals surface area contributed by atoms with Crippen LogP contribution in [0.3, 0.4) is 0 Å². The van der Waals surface area contributed by atoms with Crippen LogP contribution in [0.1, 0.15) is 39.2 Å². The second-order valence-electron chi connectivity index (χ2n) is 5.80.